The molecule has 8 rings (SSSR count). The Morgan fingerprint density at radius 1 is 0.595 bits per heavy atom. The van der Waals surface area contributed by atoms with Crippen LogP contribution in [0.25, 0.3) is 61.8 Å². The molecular formula is C36H27N5Si. The van der Waals surface area contributed by atoms with Crippen LogP contribution in [0.5, 0.6) is 0 Å². The summed E-state index contributed by atoms with van der Waals surface area (Å²) in [6.07, 6.45) is 3.79. The predicted octanol–water partition coefficient (Wildman–Crippen LogP) is 6.99. The molecule has 0 bridgehead atoms. The van der Waals surface area contributed by atoms with E-state index in [9.17, 15) is 0 Å². The van der Waals surface area contributed by atoms with Gasteiger partial charge in [-0.25, -0.2) is 19.5 Å². The molecule has 0 aliphatic carbocycles. The van der Waals surface area contributed by atoms with Crippen LogP contribution in [0.1, 0.15) is 0 Å². The lowest BCUT2D eigenvalue weighted by Crippen LogP contribution is -2.50. The van der Waals surface area contributed by atoms with E-state index < -0.39 is 8.07 Å². The third-order valence-electron chi connectivity index (χ3n) is 8.38. The second-order valence-corrected chi connectivity index (χ2v) is 15.6. The molecule has 0 saturated carbocycles. The molecule has 5 nitrogen and oxygen atoms in total. The van der Waals surface area contributed by atoms with Gasteiger partial charge in [0.25, 0.3) is 0 Å². The van der Waals surface area contributed by atoms with Gasteiger partial charge in [0, 0.05) is 28.5 Å². The van der Waals surface area contributed by atoms with Gasteiger partial charge in [0.15, 0.2) is 11.5 Å². The van der Waals surface area contributed by atoms with E-state index in [0.29, 0.717) is 5.82 Å². The first-order valence-electron chi connectivity index (χ1n) is 14.2. The zero-order valence-electron chi connectivity index (χ0n) is 23.4. The fraction of sp³-hybridized carbons (Fsp3) is 0.0556. The zero-order valence-corrected chi connectivity index (χ0v) is 24.4. The summed E-state index contributed by atoms with van der Waals surface area (Å²) in [6, 6.07) is 40.1. The van der Waals surface area contributed by atoms with Crippen LogP contribution in [-0.4, -0.2) is 32.6 Å². The maximum absolute atomic E-state index is 5.01. The molecule has 1 aliphatic heterocycles. The lowest BCUT2D eigenvalue weighted by atomic mass is 9.95. The van der Waals surface area contributed by atoms with Crippen molar-refractivity contribution in [2.75, 3.05) is 0 Å². The van der Waals surface area contributed by atoms with E-state index in [1.54, 1.807) is 6.33 Å². The van der Waals surface area contributed by atoms with E-state index in [-0.39, 0.29) is 0 Å². The van der Waals surface area contributed by atoms with Crippen molar-refractivity contribution in [1.29, 1.82) is 0 Å². The Kier molecular flexibility index (Phi) is 5.52. The molecule has 4 heterocycles. The molecular weight excluding hydrogens is 531 g/mol. The second kappa shape index (κ2) is 9.43. The van der Waals surface area contributed by atoms with E-state index in [4.69, 9.17) is 15.0 Å². The molecule has 200 valence electrons. The number of hydrogen-bond acceptors (Lipinski definition) is 4. The lowest BCUT2D eigenvalue weighted by molar-refractivity contribution is 0.966. The van der Waals surface area contributed by atoms with Crippen molar-refractivity contribution in [2.24, 2.45) is 0 Å². The molecule has 0 spiro atoms. The Hall–Kier alpha value is -5.20. The van der Waals surface area contributed by atoms with Crippen LogP contribution in [0.2, 0.25) is 13.1 Å². The molecule has 0 unspecified atom stereocenters. The Bertz CT molecular complexity index is 2040. The largest absolute Gasteiger partial charge is 0.228 e. The highest BCUT2D eigenvalue weighted by molar-refractivity contribution is 7.05. The first-order chi connectivity index (χ1) is 20.6. The van der Waals surface area contributed by atoms with Crippen LogP contribution in [0.3, 0.4) is 0 Å². The van der Waals surface area contributed by atoms with E-state index >= 15 is 0 Å². The van der Waals surface area contributed by atoms with E-state index in [2.05, 4.69) is 103 Å². The SMILES string of the molecule is C[Si]1(C)c2ccccc2-c2c(-c3ccc(-c4nc(-c5ccccc5)cc(-c5ccccc5)n4)cc3)cn3ncnc3c21. The molecule has 7 aromatic rings. The Balaban J connectivity index is 1.28. The van der Waals surface area contributed by atoms with Gasteiger partial charge in [-0.3, -0.25) is 0 Å². The maximum atomic E-state index is 5.01. The summed E-state index contributed by atoms with van der Waals surface area (Å²) in [7, 11) is -1.96. The van der Waals surface area contributed by atoms with Crippen LogP contribution in [0.15, 0.2) is 128 Å². The van der Waals surface area contributed by atoms with Crippen molar-refractivity contribution >= 4 is 24.1 Å². The summed E-state index contributed by atoms with van der Waals surface area (Å²) in [4.78, 5) is 14.7. The molecule has 1 aliphatic rings. The standard InChI is InChI=1S/C36H27N5Si/c1-42(2)32-16-10-9-15-28(32)33-29(22-41-36(34(33)42)37-23-38-41)24-17-19-27(20-18-24)35-39-30(25-11-5-3-6-12-25)21-31(40-35)26-13-7-4-8-14-26/h3-23H,1-2H3. The number of rotatable bonds is 4. The number of benzene rings is 4. The monoisotopic (exact) mass is 557 g/mol. The minimum absolute atomic E-state index is 0.706. The first-order valence-corrected chi connectivity index (χ1v) is 17.2. The number of fused-ring (bicyclic) bond motifs is 5. The van der Waals surface area contributed by atoms with Crippen LogP contribution < -0.4 is 10.4 Å². The minimum atomic E-state index is -1.96. The van der Waals surface area contributed by atoms with Crippen molar-refractivity contribution in [2.45, 2.75) is 13.1 Å². The topological polar surface area (TPSA) is 56.0 Å². The van der Waals surface area contributed by atoms with Crippen molar-refractivity contribution in [3.63, 3.8) is 0 Å². The van der Waals surface area contributed by atoms with Gasteiger partial charge in [-0.15, -0.1) is 0 Å². The Morgan fingerprint density at radius 3 is 1.86 bits per heavy atom. The molecule has 3 aromatic heterocycles. The molecule has 0 radical (unpaired) electrons. The second-order valence-electron chi connectivity index (χ2n) is 11.3. The number of pyridine rings is 1. The molecule has 4 aromatic carbocycles. The van der Waals surface area contributed by atoms with E-state index in [1.807, 2.05) is 40.9 Å². The molecule has 42 heavy (non-hydrogen) atoms. The van der Waals surface area contributed by atoms with E-state index in [1.165, 1.54) is 27.1 Å². The van der Waals surface area contributed by atoms with Gasteiger partial charge in [-0.2, -0.15) is 5.10 Å². The average molecular weight is 558 g/mol. The lowest BCUT2D eigenvalue weighted by Gasteiger charge is -2.19. The molecule has 0 saturated heterocycles. The summed E-state index contributed by atoms with van der Waals surface area (Å²) < 4.78 is 1.95. The quantitative estimate of drug-likeness (QED) is 0.219. The zero-order chi connectivity index (χ0) is 28.3. The van der Waals surface area contributed by atoms with E-state index in [0.717, 1.165) is 39.3 Å². The van der Waals surface area contributed by atoms with Crippen molar-refractivity contribution in [1.82, 2.24) is 24.6 Å². The normalized spacial score (nSPS) is 13.2. The number of nitrogens with zero attached hydrogens (tertiary/aromatic N) is 5. The summed E-state index contributed by atoms with van der Waals surface area (Å²) in [5, 5.41) is 7.37. The first kappa shape index (κ1) is 24.6. The third-order valence-corrected chi connectivity index (χ3v) is 11.9. The average Bonchev–Trinajstić information content (AvgIpc) is 3.61. The maximum Gasteiger partial charge on any atom is 0.160 e. The number of hydrogen-bond donors (Lipinski definition) is 0. The van der Waals surface area contributed by atoms with Crippen molar-refractivity contribution < 1.29 is 0 Å². The molecule has 0 fully saturated rings. The van der Waals surface area contributed by atoms with Gasteiger partial charge in [0.2, 0.25) is 0 Å². The molecule has 6 heteroatoms. The fourth-order valence-electron chi connectivity index (χ4n) is 6.32. The van der Waals surface area contributed by atoms with Gasteiger partial charge >= 0.3 is 0 Å². The van der Waals surface area contributed by atoms with Crippen molar-refractivity contribution in [3.05, 3.63) is 128 Å². The highest BCUT2D eigenvalue weighted by atomic mass is 28.3. The molecule has 0 N–H and O–H groups in total. The highest BCUT2D eigenvalue weighted by Crippen LogP contribution is 2.38. The summed E-state index contributed by atoms with van der Waals surface area (Å²) in [6.45, 7) is 4.83. The van der Waals surface area contributed by atoms with Crippen molar-refractivity contribution in [3.8, 4) is 56.2 Å². The van der Waals surface area contributed by atoms with Gasteiger partial charge in [-0.05, 0) is 33.1 Å². The third kappa shape index (κ3) is 3.84. The van der Waals surface area contributed by atoms with Gasteiger partial charge in [-0.1, -0.05) is 122 Å². The fourth-order valence-corrected chi connectivity index (χ4v) is 9.61. The smallest absolute Gasteiger partial charge is 0.160 e. The van der Waals surface area contributed by atoms with Crippen LogP contribution >= 0.6 is 0 Å². The Morgan fingerprint density at radius 2 is 1.19 bits per heavy atom. The highest BCUT2D eigenvalue weighted by Gasteiger charge is 2.41. The van der Waals surface area contributed by atoms with Gasteiger partial charge in [0.05, 0.1) is 11.4 Å². The van der Waals surface area contributed by atoms with Gasteiger partial charge < -0.3 is 0 Å². The summed E-state index contributed by atoms with van der Waals surface area (Å²) in [5.41, 5.74) is 10.8. The van der Waals surface area contributed by atoms with Gasteiger partial charge in [0.1, 0.15) is 14.4 Å². The predicted molar refractivity (Wildman–Crippen MR) is 173 cm³/mol. The minimum Gasteiger partial charge on any atom is -0.228 e. The molecule has 0 atom stereocenters. The molecule has 0 amide bonds. The number of aromatic nitrogens is 5. The van der Waals surface area contributed by atoms with Crippen LogP contribution in [0.4, 0.5) is 0 Å². The summed E-state index contributed by atoms with van der Waals surface area (Å²) in [5.74, 6) is 0.706. The van der Waals surface area contributed by atoms with Crippen LogP contribution in [-0.2, 0) is 0 Å². The van der Waals surface area contributed by atoms with Crippen LogP contribution in [0, 0.1) is 0 Å². The summed E-state index contributed by atoms with van der Waals surface area (Å²) >= 11 is 0. The Labute approximate surface area is 245 Å².